The monoisotopic (exact) mass is 224 g/mol. The van der Waals surface area contributed by atoms with E-state index >= 15 is 0 Å². The van der Waals surface area contributed by atoms with E-state index < -0.39 is 0 Å². The number of non-ortho nitro benzene ring substituents is 1. The number of nitro benzene ring substituents is 1. The zero-order chi connectivity index (χ0) is 11.1. The second kappa shape index (κ2) is 3.50. The molecule has 0 radical (unpaired) electrons. The van der Waals surface area contributed by atoms with Gasteiger partial charge in [0.1, 0.15) is 0 Å². The average Bonchev–Trinajstić information content (AvgIpc) is 2.74. The molecule has 1 fully saturated rings. The van der Waals surface area contributed by atoms with Gasteiger partial charge in [-0.3, -0.25) is 10.1 Å². The third-order valence-corrected chi connectivity index (χ3v) is 3.65. The van der Waals surface area contributed by atoms with Crippen LogP contribution in [0.5, 0.6) is 0 Å². The van der Waals surface area contributed by atoms with E-state index in [0.29, 0.717) is 0 Å². The van der Waals surface area contributed by atoms with Crippen LogP contribution < -0.4 is 0 Å². The fourth-order valence-corrected chi connectivity index (χ4v) is 2.45. The summed E-state index contributed by atoms with van der Waals surface area (Å²) in [5.41, 5.74) is 0.384. The summed E-state index contributed by atoms with van der Waals surface area (Å²) in [7, 11) is 0. The van der Waals surface area contributed by atoms with E-state index in [2.05, 4.69) is 18.2 Å². The molecule has 0 aromatic heterocycles. The first-order valence-corrected chi connectivity index (χ1v) is 5.46. The molecule has 0 spiro atoms. The highest BCUT2D eigenvalue weighted by atomic mass is 32.2. The Kier molecular flexibility index (Phi) is 2.44. The summed E-state index contributed by atoms with van der Waals surface area (Å²) >= 11 is 1.58. The lowest BCUT2D eigenvalue weighted by atomic mass is 10.2. The molecule has 0 amide bonds. The van der Waals surface area contributed by atoms with Crippen molar-refractivity contribution < 1.29 is 4.92 Å². The molecular formula is C10H12N2O2S. The average molecular weight is 224 g/mol. The molecule has 1 aliphatic heterocycles. The fraction of sp³-hybridized carbons (Fsp3) is 0.400. The molecular weight excluding hydrogens is 212 g/mol. The van der Waals surface area contributed by atoms with Crippen molar-refractivity contribution in [2.24, 2.45) is 0 Å². The minimum absolute atomic E-state index is 0.152. The van der Waals surface area contributed by atoms with Gasteiger partial charge in [0.2, 0.25) is 0 Å². The van der Waals surface area contributed by atoms with Crippen molar-refractivity contribution in [1.29, 1.82) is 0 Å². The highest BCUT2D eigenvalue weighted by Crippen LogP contribution is 2.42. The van der Waals surface area contributed by atoms with Crippen LogP contribution in [-0.2, 0) is 0 Å². The minimum Gasteiger partial charge on any atom is -0.258 e. The van der Waals surface area contributed by atoms with Gasteiger partial charge in [-0.25, -0.2) is 4.31 Å². The van der Waals surface area contributed by atoms with E-state index in [4.69, 9.17) is 0 Å². The van der Waals surface area contributed by atoms with Gasteiger partial charge in [-0.2, -0.15) is 0 Å². The van der Waals surface area contributed by atoms with Crippen LogP contribution >= 0.6 is 11.9 Å². The molecule has 1 atom stereocenters. The Morgan fingerprint density at radius 2 is 2.20 bits per heavy atom. The predicted octanol–water partition coefficient (Wildman–Crippen LogP) is 2.70. The summed E-state index contributed by atoms with van der Waals surface area (Å²) < 4.78 is 2.20. The number of nitro groups is 1. The van der Waals surface area contributed by atoms with Crippen LogP contribution in [0.1, 0.15) is 13.8 Å². The number of rotatable bonds is 3. The highest BCUT2D eigenvalue weighted by molar-refractivity contribution is 7.97. The third kappa shape index (κ3) is 2.30. The molecule has 5 heteroatoms. The van der Waals surface area contributed by atoms with Gasteiger partial charge in [0, 0.05) is 29.1 Å². The maximum Gasteiger partial charge on any atom is 0.270 e. The first-order valence-electron chi connectivity index (χ1n) is 4.69. The Labute approximate surface area is 92.6 Å². The standard InChI is InChI=1S/C10H12N2O2S/c1-10(2)7-11(10)15-9-5-3-4-8(6-9)12(13)14/h3-6H,7H2,1-2H3. The Balaban J connectivity index is 2.09. The topological polar surface area (TPSA) is 46.1 Å². The molecule has 4 nitrogen and oxygen atoms in total. The zero-order valence-corrected chi connectivity index (χ0v) is 9.45. The van der Waals surface area contributed by atoms with Crippen molar-refractivity contribution >= 4 is 17.6 Å². The van der Waals surface area contributed by atoms with E-state index in [0.717, 1.165) is 11.4 Å². The molecule has 2 rings (SSSR count). The van der Waals surface area contributed by atoms with Gasteiger partial charge in [-0.05, 0) is 31.9 Å². The van der Waals surface area contributed by atoms with Crippen LogP contribution in [-0.4, -0.2) is 21.3 Å². The van der Waals surface area contributed by atoms with E-state index in [1.807, 2.05) is 6.07 Å². The summed E-state index contributed by atoms with van der Waals surface area (Å²) in [6, 6.07) is 6.74. The van der Waals surface area contributed by atoms with Crippen molar-refractivity contribution in [1.82, 2.24) is 4.31 Å². The van der Waals surface area contributed by atoms with Crippen molar-refractivity contribution in [3.63, 3.8) is 0 Å². The number of benzene rings is 1. The summed E-state index contributed by atoms with van der Waals surface area (Å²) in [6.07, 6.45) is 0. The largest absolute Gasteiger partial charge is 0.270 e. The van der Waals surface area contributed by atoms with Gasteiger partial charge in [-0.15, -0.1) is 0 Å². The van der Waals surface area contributed by atoms with Gasteiger partial charge < -0.3 is 0 Å². The van der Waals surface area contributed by atoms with Crippen LogP contribution in [0, 0.1) is 10.1 Å². The van der Waals surface area contributed by atoms with Gasteiger partial charge in [0.05, 0.1) is 4.92 Å². The van der Waals surface area contributed by atoms with Crippen molar-refractivity contribution in [2.45, 2.75) is 24.3 Å². The third-order valence-electron chi connectivity index (χ3n) is 2.35. The summed E-state index contributed by atoms with van der Waals surface area (Å²) in [6.45, 7) is 5.33. The van der Waals surface area contributed by atoms with E-state index in [1.54, 1.807) is 24.1 Å². The lowest BCUT2D eigenvalue weighted by molar-refractivity contribution is -0.385. The van der Waals surface area contributed by atoms with E-state index in [1.165, 1.54) is 6.07 Å². The van der Waals surface area contributed by atoms with E-state index in [9.17, 15) is 10.1 Å². The Bertz CT molecular complexity index is 406. The molecule has 1 aromatic carbocycles. The van der Waals surface area contributed by atoms with Crippen LogP contribution in [0.4, 0.5) is 5.69 Å². The van der Waals surface area contributed by atoms with Gasteiger partial charge >= 0.3 is 0 Å². The second-order valence-corrected chi connectivity index (χ2v) is 5.29. The molecule has 1 saturated heterocycles. The highest BCUT2D eigenvalue weighted by Gasteiger charge is 2.43. The normalized spacial score (nSPS) is 22.4. The van der Waals surface area contributed by atoms with Crippen LogP contribution in [0.2, 0.25) is 0 Å². The Hall–Kier alpha value is -1.07. The van der Waals surface area contributed by atoms with Crippen LogP contribution in [0.15, 0.2) is 29.2 Å². The lowest BCUT2D eigenvalue weighted by Crippen LogP contribution is -2.01. The molecule has 1 unspecified atom stereocenters. The van der Waals surface area contributed by atoms with Gasteiger partial charge in [0.25, 0.3) is 5.69 Å². The minimum atomic E-state index is -0.364. The van der Waals surface area contributed by atoms with Gasteiger partial charge in [-0.1, -0.05) is 6.07 Å². The lowest BCUT2D eigenvalue weighted by Gasteiger charge is -2.05. The predicted molar refractivity (Wildman–Crippen MR) is 59.7 cm³/mol. The SMILES string of the molecule is CC1(C)CN1Sc1cccc([N+](=O)[O-])c1. The number of hydrogen-bond acceptors (Lipinski definition) is 4. The molecule has 0 saturated carbocycles. The first-order chi connectivity index (χ1) is 6.99. The molecule has 0 aliphatic carbocycles. The Morgan fingerprint density at radius 3 is 2.73 bits per heavy atom. The summed E-state index contributed by atoms with van der Waals surface area (Å²) in [4.78, 5) is 11.1. The maximum absolute atomic E-state index is 10.6. The second-order valence-electron chi connectivity index (χ2n) is 4.19. The van der Waals surface area contributed by atoms with Crippen molar-refractivity contribution in [3.8, 4) is 0 Å². The number of nitrogens with zero attached hydrogens (tertiary/aromatic N) is 2. The Morgan fingerprint density at radius 1 is 1.53 bits per heavy atom. The smallest absolute Gasteiger partial charge is 0.258 e. The maximum atomic E-state index is 10.6. The zero-order valence-electron chi connectivity index (χ0n) is 8.64. The van der Waals surface area contributed by atoms with Gasteiger partial charge in [0.15, 0.2) is 0 Å². The molecule has 15 heavy (non-hydrogen) atoms. The molecule has 0 bridgehead atoms. The summed E-state index contributed by atoms with van der Waals surface area (Å²) in [5, 5.41) is 10.6. The van der Waals surface area contributed by atoms with Crippen molar-refractivity contribution in [3.05, 3.63) is 34.4 Å². The van der Waals surface area contributed by atoms with Crippen LogP contribution in [0.3, 0.4) is 0 Å². The number of hydrogen-bond donors (Lipinski definition) is 0. The molecule has 80 valence electrons. The van der Waals surface area contributed by atoms with Crippen molar-refractivity contribution in [2.75, 3.05) is 6.54 Å². The first kappa shape index (κ1) is 10.4. The summed E-state index contributed by atoms with van der Waals surface area (Å²) in [5.74, 6) is 0. The molecule has 1 aliphatic rings. The molecule has 1 heterocycles. The van der Waals surface area contributed by atoms with E-state index in [-0.39, 0.29) is 16.1 Å². The molecule has 1 aromatic rings. The quantitative estimate of drug-likeness (QED) is 0.343. The van der Waals surface area contributed by atoms with Crippen LogP contribution in [0.25, 0.3) is 0 Å². The fourth-order valence-electron chi connectivity index (χ4n) is 1.25. The molecule has 0 N–H and O–H groups in total.